The van der Waals surface area contributed by atoms with E-state index in [-0.39, 0.29) is 12.5 Å². The monoisotopic (exact) mass is 350 g/mol. The number of amides is 1. The zero-order chi connectivity index (χ0) is 17.2. The highest BCUT2D eigenvalue weighted by Gasteiger charge is 2.18. The molecule has 0 saturated carbocycles. The van der Waals surface area contributed by atoms with Crippen molar-refractivity contribution in [3.8, 4) is 0 Å². The number of hydrogen-bond donors (Lipinski definition) is 1. The van der Waals surface area contributed by atoms with Gasteiger partial charge in [0.15, 0.2) is 5.82 Å². The first-order chi connectivity index (χ1) is 12.2. The van der Waals surface area contributed by atoms with E-state index in [1.165, 1.54) is 0 Å². The number of hydrogen-bond acceptors (Lipinski definition) is 3. The van der Waals surface area contributed by atoms with Gasteiger partial charge in [-0.2, -0.15) is 0 Å². The summed E-state index contributed by atoms with van der Waals surface area (Å²) in [6.07, 6.45) is 4.62. The first kappa shape index (κ1) is 15.6. The maximum atomic E-state index is 12.6. The maximum absolute atomic E-state index is 12.6. The summed E-state index contributed by atoms with van der Waals surface area (Å²) in [5.74, 6) is 0.532. The van der Waals surface area contributed by atoms with Crippen LogP contribution in [0, 0.1) is 0 Å². The van der Waals surface area contributed by atoms with Crippen LogP contribution >= 0.6 is 11.6 Å². The molecule has 0 bridgehead atoms. The van der Waals surface area contributed by atoms with Crippen LogP contribution in [0.15, 0.2) is 59.6 Å². The lowest BCUT2D eigenvalue weighted by Crippen LogP contribution is -2.20. The standard InChI is InChI=1S/C19H15ClN4O/c20-13-6-1-2-7-14(13)22-18(25)12-24-17-10-4-3-8-15(17)23-19(24)16-9-5-11-21-16/h1-4,6-11H,5,12H2,(H,22,25). The minimum absolute atomic E-state index is 0.133. The average molecular weight is 351 g/mol. The molecule has 0 unspecified atom stereocenters. The molecule has 2 heterocycles. The molecular weight excluding hydrogens is 336 g/mol. The Labute approximate surface area is 149 Å². The van der Waals surface area contributed by atoms with Gasteiger partial charge in [0.2, 0.25) is 5.91 Å². The van der Waals surface area contributed by atoms with Gasteiger partial charge in [-0.25, -0.2) is 4.98 Å². The number of halogens is 1. The lowest BCUT2D eigenvalue weighted by atomic mass is 10.3. The van der Waals surface area contributed by atoms with Crippen LogP contribution in [0.25, 0.3) is 16.7 Å². The van der Waals surface area contributed by atoms with Crippen molar-refractivity contribution < 1.29 is 4.79 Å². The summed E-state index contributed by atoms with van der Waals surface area (Å²) in [5, 5.41) is 3.36. The second-order valence-electron chi connectivity index (χ2n) is 5.68. The summed E-state index contributed by atoms with van der Waals surface area (Å²) in [6, 6.07) is 14.9. The van der Waals surface area contributed by atoms with Gasteiger partial charge in [-0.3, -0.25) is 9.79 Å². The van der Waals surface area contributed by atoms with E-state index in [9.17, 15) is 4.79 Å². The number of carbonyl (C=O) groups is 1. The highest BCUT2D eigenvalue weighted by atomic mass is 35.5. The third kappa shape index (κ3) is 3.06. The Balaban J connectivity index is 1.68. The van der Waals surface area contributed by atoms with Crippen molar-refractivity contribution in [2.75, 3.05) is 5.32 Å². The number of imidazole rings is 1. The first-order valence-electron chi connectivity index (χ1n) is 7.95. The first-order valence-corrected chi connectivity index (χ1v) is 8.33. The number of nitrogens with one attached hydrogen (secondary N) is 1. The van der Waals surface area contributed by atoms with Gasteiger partial charge in [0, 0.05) is 12.6 Å². The molecule has 1 aromatic heterocycles. The number of para-hydroxylation sites is 3. The highest BCUT2D eigenvalue weighted by Crippen LogP contribution is 2.25. The lowest BCUT2D eigenvalue weighted by molar-refractivity contribution is -0.116. The van der Waals surface area contributed by atoms with Crippen LogP contribution in [0.2, 0.25) is 5.02 Å². The number of allylic oxidation sites excluding steroid dienone is 1. The zero-order valence-corrected chi connectivity index (χ0v) is 14.1. The molecular formula is C19H15ClN4O. The smallest absolute Gasteiger partial charge is 0.244 e. The molecule has 0 radical (unpaired) electrons. The third-order valence-electron chi connectivity index (χ3n) is 3.98. The van der Waals surface area contributed by atoms with Gasteiger partial charge in [-0.15, -0.1) is 0 Å². The largest absolute Gasteiger partial charge is 0.323 e. The molecule has 4 rings (SSSR count). The summed E-state index contributed by atoms with van der Waals surface area (Å²) in [5.41, 5.74) is 3.13. The summed E-state index contributed by atoms with van der Waals surface area (Å²) in [7, 11) is 0. The molecule has 1 aliphatic rings. The van der Waals surface area contributed by atoms with Crippen LogP contribution in [0.1, 0.15) is 12.2 Å². The van der Waals surface area contributed by atoms with Crippen molar-refractivity contribution in [3.63, 3.8) is 0 Å². The molecule has 6 heteroatoms. The Morgan fingerprint density at radius 1 is 1.16 bits per heavy atom. The van der Waals surface area contributed by atoms with Crippen molar-refractivity contribution in [1.82, 2.24) is 9.55 Å². The summed E-state index contributed by atoms with van der Waals surface area (Å²) in [6.45, 7) is 0.133. The fourth-order valence-corrected chi connectivity index (χ4v) is 3.03. The second kappa shape index (κ2) is 6.53. The maximum Gasteiger partial charge on any atom is 0.244 e. The SMILES string of the molecule is O=C(Cn1c(C2=CCC=N2)nc2ccccc21)Nc1ccccc1Cl. The minimum atomic E-state index is -0.167. The van der Waals surface area contributed by atoms with Gasteiger partial charge in [0.1, 0.15) is 12.2 Å². The van der Waals surface area contributed by atoms with Crippen molar-refractivity contribution >= 4 is 46.1 Å². The van der Waals surface area contributed by atoms with Gasteiger partial charge >= 0.3 is 0 Å². The Hall–Kier alpha value is -2.92. The Bertz CT molecular complexity index is 1020. The summed E-state index contributed by atoms with van der Waals surface area (Å²) < 4.78 is 1.88. The van der Waals surface area contributed by atoms with Crippen LogP contribution in [-0.4, -0.2) is 21.7 Å². The van der Waals surface area contributed by atoms with E-state index in [0.29, 0.717) is 16.5 Å². The third-order valence-corrected chi connectivity index (χ3v) is 4.31. The topological polar surface area (TPSA) is 59.3 Å². The van der Waals surface area contributed by atoms with Crippen molar-refractivity contribution in [2.45, 2.75) is 13.0 Å². The molecule has 124 valence electrons. The van der Waals surface area contributed by atoms with Crippen LogP contribution in [-0.2, 0) is 11.3 Å². The van der Waals surface area contributed by atoms with Crippen LogP contribution in [0.3, 0.4) is 0 Å². The summed E-state index contributed by atoms with van der Waals surface area (Å²) in [4.78, 5) is 21.6. The van der Waals surface area contributed by atoms with E-state index >= 15 is 0 Å². The number of aliphatic imine (C=N–C) groups is 1. The van der Waals surface area contributed by atoms with Crippen molar-refractivity contribution in [1.29, 1.82) is 0 Å². The number of carbonyl (C=O) groups excluding carboxylic acids is 1. The van der Waals surface area contributed by atoms with Gasteiger partial charge in [-0.1, -0.05) is 35.9 Å². The van der Waals surface area contributed by atoms with Gasteiger partial charge in [0.25, 0.3) is 0 Å². The zero-order valence-electron chi connectivity index (χ0n) is 13.3. The van der Waals surface area contributed by atoms with E-state index in [1.807, 2.05) is 53.3 Å². The van der Waals surface area contributed by atoms with Crippen LogP contribution in [0.4, 0.5) is 5.69 Å². The number of fused-ring (bicyclic) bond motifs is 1. The molecule has 0 aliphatic carbocycles. The van der Waals surface area contributed by atoms with E-state index in [1.54, 1.807) is 12.1 Å². The molecule has 0 saturated heterocycles. The molecule has 1 amide bonds. The van der Waals surface area contributed by atoms with E-state index in [4.69, 9.17) is 11.6 Å². The second-order valence-corrected chi connectivity index (χ2v) is 6.08. The van der Waals surface area contributed by atoms with E-state index < -0.39 is 0 Å². The molecule has 1 aliphatic heterocycles. The van der Waals surface area contributed by atoms with Gasteiger partial charge < -0.3 is 9.88 Å². The fourth-order valence-electron chi connectivity index (χ4n) is 2.84. The molecule has 0 atom stereocenters. The van der Waals surface area contributed by atoms with Crippen molar-refractivity contribution in [2.24, 2.45) is 4.99 Å². The average Bonchev–Trinajstić information content (AvgIpc) is 3.25. The Morgan fingerprint density at radius 3 is 2.76 bits per heavy atom. The van der Waals surface area contributed by atoms with Gasteiger partial charge in [0.05, 0.1) is 21.7 Å². The Kier molecular flexibility index (Phi) is 4.07. The Morgan fingerprint density at radius 2 is 1.96 bits per heavy atom. The van der Waals surface area contributed by atoms with Crippen LogP contribution in [0.5, 0.6) is 0 Å². The fraction of sp³-hybridized carbons (Fsp3) is 0.105. The molecule has 25 heavy (non-hydrogen) atoms. The predicted octanol–water partition coefficient (Wildman–Crippen LogP) is 4.14. The predicted molar refractivity (Wildman–Crippen MR) is 101 cm³/mol. The molecule has 3 aromatic rings. The quantitative estimate of drug-likeness (QED) is 0.768. The van der Waals surface area contributed by atoms with Crippen LogP contribution < -0.4 is 5.32 Å². The van der Waals surface area contributed by atoms with Crippen molar-refractivity contribution in [3.05, 3.63) is 65.5 Å². The normalized spacial score (nSPS) is 13.2. The number of rotatable bonds is 4. The highest BCUT2D eigenvalue weighted by molar-refractivity contribution is 6.33. The molecule has 2 aromatic carbocycles. The molecule has 5 nitrogen and oxygen atoms in total. The molecule has 0 spiro atoms. The number of nitrogens with zero attached hydrogens (tertiary/aromatic N) is 3. The van der Waals surface area contributed by atoms with Gasteiger partial charge in [-0.05, 0) is 30.3 Å². The molecule has 1 N–H and O–H groups in total. The number of aromatic nitrogens is 2. The number of anilines is 1. The van der Waals surface area contributed by atoms with E-state index in [2.05, 4.69) is 15.3 Å². The number of benzene rings is 2. The lowest BCUT2D eigenvalue weighted by Gasteiger charge is -2.10. The molecule has 0 fully saturated rings. The summed E-state index contributed by atoms with van der Waals surface area (Å²) >= 11 is 6.12. The minimum Gasteiger partial charge on any atom is -0.323 e. The van der Waals surface area contributed by atoms with E-state index in [0.717, 1.165) is 23.2 Å².